The van der Waals surface area contributed by atoms with Crippen molar-refractivity contribution in [3.8, 4) is 5.75 Å². The maximum Gasteiger partial charge on any atom is 0.157 e. The third-order valence-electron chi connectivity index (χ3n) is 4.85. The van der Waals surface area contributed by atoms with Crippen molar-refractivity contribution in [3.63, 3.8) is 0 Å². The van der Waals surface area contributed by atoms with Crippen LogP contribution in [0.25, 0.3) is 0 Å². The standard InChI is InChI=1S/C16H27N3O/c1-18-9-7-14(8-10-18)13-20-16-11-17-19(12-16)15-5-3-2-4-6-15/h11-12,14-15H,2-10,13H2,1H3. The molecule has 0 bridgehead atoms. The lowest BCUT2D eigenvalue weighted by molar-refractivity contribution is 0.160. The van der Waals surface area contributed by atoms with E-state index in [-0.39, 0.29) is 0 Å². The Morgan fingerprint density at radius 3 is 2.65 bits per heavy atom. The lowest BCUT2D eigenvalue weighted by Gasteiger charge is -2.28. The van der Waals surface area contributed by atoms with Gasteiger partial charge in [-0.25, -0.2) is 0 Å². The van der Waals surface area contributed by atoms with Crippen molar-refractivity contribution < 1.29 is 4.74 Å². The van der Waals surface area contributed by atoms with Gasteiger partial charge in [-0.05, 0) is 51.7 Å². The molecule has 1 saturated carbocycles. The molecular weight excluding hydrogens is 250 g/mol. The maximum absolute atomic E-state index is 5.95. The largest absolute Gasteiger partial charge is 0.490 e. The summed E-state index contributed by atoms with van der Waals surface area (Å²) in [5.74, 6) is 1.67. The van der Waals surface area contributed by atoms with Gasteiger partial charge in [0.15, 0.2) is 5.75 Å². The second-order valence-corrected chi connectivity index (χ2v) is 6.51. The molecule has 2 aliphatic rings. The summed E-state index contributed by atoms with van der Waals surface area (Å²) in [4.78, 5) is 2.40. The van der Waals surface area contributed by atoms with Gasteiger partial charge in [0.2, 0.25) is 0 Å². The van der Waals surface area contributed by atoms with Crippen LogP contribution in [0.5, 0.6) is 5.75 Å². The molecule has 0 spiro atoms. The van der Waals surface area contributed by atoms with Crippen LogP contribution < -0.4 is 4.74 Å². The molecule has 2 heterocycles. The van der Waals surface area contributed by atoms with E-state index < -0.39 is 0 Å². The number of hydrogen-bond donors (Lipinski definition) is 0. The number of ether oxygens (including phenoxy) is 1. The highest BCUT2D eigenvalue weighted by Gasteiger charge is 2.19. The van der Waals surface area contributed by atoms with Crippen LogP contribution in [0.2, 0.25) is 0 Å². The minimum atomic E-state index is 0.601. The molecule has 4 nitrogen and oxygen atoms in total. The van der Waals surface area contributed by atoms with Gasteiger partial charge in [0, 0.05) is 0 Å². The monoisotopic (exact) mass is 277 g/mol. The Balaban J connectivity index is 1.47. The van der Waals surface area contributed by atoms with Gasteiger partial charge in [-0.1, -0.05) is 19.3 Å². The van der Waals surface area contributed by atoms with E-state index in [1.165, 1.54) is 58.0 Å². The number of hydrogen-bond acceptors (Lipinski definition) is 3. The Hall–Kier alpha value is -1.03. The van der Waals surface area contributed by atoms with Crippen molar-refractivity contribution >= 4 is 0 Å². The summed E-state index contributed by atoms with van der Waals surface area (Å²) in [6.07, 6.45) is 13.1. The van der Waals surface area contributed by atoms with Crippen molar-refractivity contribution in [2.45, 2.75) is 51.0 Å². The molecule has 0 atom stereocenters. The van der Waals surface area contributed by atoms with Gasteiger partial charge in [-0.15, -0.1) is 0 Å². The average Bonchev–Trinajstić information content (AvgIpc) is 2.97. The van der Waals surface area contributed by atoms with Gasteiger partial charge in [0.25, 0.3) is 0 Å². The van der Waals surface area contributed by atoms with Gasteiger partial charge in [0.05, 0.1) is 25.0 Å². The van der Waals surface area contributed by atoms with Gasteiger partial charge >= 0.3 is 0 Å². The smallest absolute Gasteiger partial charge is 0.157 e. The summed E-state index contributed by atoms with van der Waals surface area (Å²) in [7, 11) is 2.20. The van der Waals surface area contributed by atoms with Crippen LogP contribution in [0.4, 0.5) is 0 Å². The fourth-order valence-electron chi connectivity index (χ4n) is 3.38. The van der Waals surface area contributed by atoms with Crippen molar-refractivity contribution in [2.75, 3.05) is 26.7 Å². The summed E-state index contributed by atoms with van der Waals surface area (Å²) in [5.41, 5.74) is 0. The first-order chi connectivity index (χ1) is 9.81. The van der Waals surface area contributed by atoms with E-state index in [0.717, 1.165) is 12.4 Å². The maximum atomic E-state index is 5.95. The van der Waals surface area contributed by atoms with Gasteiger partial charge in [-0.3, -0.25) is 4.68 Å². The molecule has 3 rings (SSSR count). The fraction of sp³-hybridized carbons (Fsp3) is 0.812. The highest BCUT2D eigenvalue weighted by Crippen LogP contribution is 2.28. The Morgan fingerprint density at radius 2 is 1.90 bits per heavy atom. The number of aromatic nitrogens is 2. The minimum Gasteiger partial charge on any atom is -0.490 e. The molecule has 0 aromatic carbocycles. The molecule has 0 amide bonds. The third-order valence-corrected chi connectivity index (χ3v) is 4.85. The van der Waals surface area contributed by atoms with E-state index in [0.29, 0.717) is 12.0 Å². The van der Waals surface area contributed by atoms with Crippen LogP contribution >= 0.6 is 0 Å². The van der Waals surface area contributed by atoms with Crippen LogP contribution in [0.15, 0.2) is 12.4 Å². The van der Waals surface area contributed by atoms with Crippen LogP contribution in [-0.2, 0) is 0 Å². The quantitative estimate of drug-likeness (QED) is 0.847. The van der Waals surface area contributed by atoms with Crippen molar-refractivity contribution in [3.05, 3.63) is 12.4 Å². The van der Waals surface area contributed by atoms with E-state index in [9.17, 15) is 0 Å². The molecule has 1 aliphatic carbocycles. The molecule has 1 aromatic heterocycles. The van der Waals surface area contributed by atoms with E-state index in [4.69, 9.17) is 4.74 Å². The Bertz CT molecular complexity index is 404. The van der Waals surface area contributed by atoms with E-state index in [2.05, 4.69) is 27.9 Å². The van der Waals surface area contributed by atoms with E-state index in [1.807, 2.05) is 6.20 Å². The predicted octanol–water partition coefficient (Wildman–Crippen LogP) is 3.11. The number of rotatable bonds is 4. The zero-order chi connectivity index (χ0) is 13.8. The molecule has 0 radical (unpaired) electrons. The fourth-order valence-corrected chi connectivity index (χ4v) is 3.38. The van der Waals surface area contributed by atoms with Crippen LogP contribution in [0.3, 0.4) is 0 Å². The predicted molar refractivity (Wildman–Crippen MR) is 80.1 cm³/mol. The number of nitrogens with zero attached hydrogens (tertiary/aromatic N) is 3. The van der Waals surface area contributed by atoms with Crippen LogP contribution in [0.1, 0.15) is 51.0 Å². The third kappa shape index (κ3) is 3.54. The molecule has 1 aromatic rings. The molecule has 0 unspecified atom stereocenters. The highest BCUT2D eigenvalue weighted by atomic mass is 16.5. The van der Waals surface area contributed by atoms with Crippen LogP contribution in [-0.4, -0.2) is 41.4 Å². The summed E-state index contributed by atoms with van der Waals surface area (Å²) >= 11 is 0. The SMILES string of the molecule is CN1CCC(COc2cnn(C3CCCCC3)c2)CC1. The lowest BCUT2D eigenvalue weighted by Crippen LogP contribution is -2.32. The van der Waals surface area contributed by atoms with Gasteiger partial charge in [-0.2, -0.15) is 5.10 Å². The normalized spacial score (nSPS) is 23.1. The highest BCUT2D eigenvalue weighted by molar-refractivity contribution is 5.12. The molecule has 4 heteroatoms. The Morgan fingerprint density at radius 1 is 1.15 bits per heavy atom. The second kappa shape index (κ2) is 6.61. The summed E-state index contributed by atoms with van der Waals surface area (Å²) in [5, 5.41) is 4.50. The van der Waals surface area contributed by atoms with Gasteiger partial charge < -0.3 is 9.64 Å². The van der Waals surface area contributed by atoms with E-state index in [1.54, 1.807) is 0 Å². The zero-order valence-corrected chi connectivity index (χ0v) is 12.6. The first-order valence-corrected chi connectivity index (χ1v) is 8.17. The summed E-state index contributed by atoms with van der Waals surface area (Å²) in [6.45, 7) is 3.26. The Labute approximate surface area is 122 Å². The number of likely N-dealkylation sites (tertiary alicyclic amines) is 1. The van der Waals surface area contributed by atoms with Crippen molar-refractivity contribution in [1.29, 1.82) is 0 Å². The lowest BCUT2D eigenvalue weighted by atomic mass is 9.96. The molecule has 112 valence electrons. The molecule has 0 N–H and O–H groups in total. The zero-order valence-electron chi connectivity index (χ0n) is 12.6. The molecule has 20 heavy (non-hydrogen) atoms. The Kier molecular flexibility index (Phi) is 4.61. The topological polar surface area (TPSA) is 30.3 Å². The van der Waals surface area contributed by atoms with Crippen LogP contribution in [0, 0.1) is 5.92 Å². The second-order valence-electron chi connectivity index (χ2n) is 6.51. The molecular formula is C16H27N3O. The summed E-state index contributed by atoms with van der Waals surface area (Å²) in [6, 6.07) is 0.601. The van der Waals surface area contributed by atoms with Crippen molar-refractivity contribution in [2.24, 2.45) is 5.92 Å². The first kappa shape index (κ1) is 13.9. The average molecular weight is 277 g/mol. The number of piperidine rings is 1. The first-order valence-electron chi connectivity index (χ1n) is 8.17. The van der Waals surface area contributed by atoms with Gasteiger partial charge in [0.1, 0.15) is 0 Å². The molecule has 1 saturated heterocycles. The minimum absolute atomic E-state index is 0.601. The molecule has 1 aliphatic heterocycles. The van der Waals surface area contributed by atoms with E-state index >= 15 is 0 Å². The molecule has 2 fully saturated rings. The van der Waals surface area contributed by atoms with Crippen molar-refractivity contribution in [1.82, 2.24) is 14.7 Å². The summed E-state index contributed by atoms with van der Waals surface area (Å²) < 4.78 is 8.08.